The molecule has 0 bridgehead atoms. The van der Waals surface area contributed by atoms with Gasteiger partial charge in [0.15, 0.2) is 0 Å². The maximum absolute atomic E-state index is 13.6. The van der Waals surface area contributed by atoms with Crippen LogP contribution in [0.3, 0.4) is 0 Å². The van der Waals surface area contributed by atoms with Crippen molar-refractivity contribution in [2.45, 2.75) is 24.7 Å². The summed E-state index contributed by atoms with van der Waals surface area (Å²) in [6, 6.07) is 9.38. The average molecular weight is 644 g/mol. The minimum atomic E-state index is -4.99. The molecule has 0 saturated heterocycles. The molecule has 0 aliphatic rings. The molecule has 4 aromatic rings. The third-order valence-electron chi connectivity index (χ3n) is 6.35. The molecule has 232 valence electrons. The summed E-state index contributed by atoms with van der Waals surface area (Å²) in [5.41, 5.74) is -8.80. The number of halogens is 12. The summed E-state index contributed by atoms with van der Waals surface area (Å²) >= 11 is 0. The van der Waals surface area contributed by atoms with E-state index in [1.807, 2.05) is 0 Å². The van der Waals surface area contributed by atoms with E-state index < -0.39 is 91.8 Å². The second-order valence-electron chi connectivity index (χ2n) is 9.26. The molecule has 45 heavy (non-hydrogen) atoms. The molecule has 0 spiro atoms. The van der Waals surface area contributed by atoms with Gasteiger partial charge in [-0.2, -0.15) is 63.2 Å². The molecule has 0 atom stereocenters. The maximum Gasteiger partial charge on any atom is 0.416 e. The fourth-order valence-corrected chi connectivity index (χ4v) is 4.23. The van der Waals surface area contributed by atoms with Gasteiger partial charge in [-0.1, -0.05) is 12.1 Å². The normalized spacial score (nSPS) is 12.4. The molecule has 0 fully saturated rings. The van der Waals surface area contributed by atoms with Crippen molar-refractivity contribution in [1.29, 1.82) is 10.5 Å². The van der Waals surface area contributed by atoms with Gasteiger partial charge in [-0.25, -0.2) is 0 Å². The highest BCUT2D eigenvalue weighted by molar-refractivity contribution is 5.80. The summed E-state index contributed by atoms with van der Waals surface area (Å²) in [4.78, 5) is 0. The van der Waals surface area contributed by atoms with Gasteiger partial charge in [0.1, 0.15) is 11.5 Å². The Morgan fingerprint density at radius 1 is 0.400 bits per heavy atom. The molecule has 0 N–H and O–H groups in total. The van der Waals surface area contributed by atoms with Gasteiger partial charge >= 0.3 is 24.7 Å². The molecule has 3 nitrogen and oxygen atoms in total. The van der Waals surface area contributed by atoms with Crippen LogP contribution in [0, 0.1) is 22.7 Å². The van der Waals surface area contributed by atoms with E-state index in [1.54, 1.807) is 0 Å². The lowest BCUT2D eigenvalue weighted by molar-refractivity contribution is -0.138. The van der Waals surface area contributed by atoms with Crippen LogP contribution in [0.4, 0.5) is 52.7 Å². The maximum atomic E-state index is 13.6. The minimum absolute atomic E-state index is 0.379. The van der Waals surface area contributed by atoms with Crippen molar-refractivity contribution in [2.75, 3.05) is 0 Å². The molecule has 15 heteroatoms. The first-order valence-electron chi connectivity index (χ1n) is 12.1. The fourth-order valence-electron chi connectivity index (χ4n) is 4.23. The Balaban J connectivity index is 1.98. The van der Waals surface area contributed by atoms with Crippen LogP contribution in [-0.4, -0.2) is 0 Å². The first-order valence-corrected chi connectivity index (χ1v) is 12.1. The summed E-state index contributed by atoms with van der Waals surface area (Å²) < 4.78 is 167. The van der Waals surface area contributed by atoms with Crippen molar-refractivity contribution < 1.29 is 57.4 Å². The molecule has 0 amide bonds. The highest BCUT2D eigenvalue weighted by atomic mass is 19.4. The molecule has 0 radical (unpaired) electrons. The Morgan fingerprint density at radius 3 is 0.978 bits per heavy atom. The van der Waals surface area contributed by atoms with E-state index >= 15 is 0 Å². The monoisotopic (exact) mass is 644 g/mol. The highest BCUT2D eigenvalue weighted by Crippen LogP contribution is 2.45. The van der Waals surface area contributed by atoms with E-state index in [9.17, 15) is 63.2 Å². The Kier molecular flexibility index (Phi) is 8.28. The third-order valence-corrected chi connectivity index (χ3v) is 6.35. The number of hydrogen-bond donors (Lipinski definition) is 0. The van der Waals surface area contributed by atoms with Crippen LogP contribution in [0.15, 0.2) is 72.8 Å². The first-order chi connectivity index (χ1) is 20.7. The SMILES string of the molecule is N#Cc1cc(C(F)(F)F)ccc1-c1cc(C(F)(F)F)ccc1Oc1ccc(C(F)(F)F)cc1-c1ccc(C(F)(F)F)cc1C#N. The predicted octanol–water partition coefficient (Wildman–Crippen LogP) is 10.6. The molecule has 0 aromatic heterocycles. The number of hydrogen-bond acceptors (Lipinski definition) is 3. The second-order valence-corrected chi connectivity index (χ2v) is 9.26. The molecule has 0 heterocycles. The Morgan fingerprint density at radius 2 is 0.689 bits per heavy atom. The number of ether oxygens (including phenoxy) is 1. The molecular weight excluding hydrogens is 632 g/mol. The zero-order chi connectivity index (χ0) is 33.5. The topological polar surface area (TPSA) is 56.8 Å². The molecule has 4 aromatic carbocycles. The van der Waals surface area contributed by atoms with Crippen LogP contribution >= 0.6 is 0 Å². The Hall–Kier alpha value is -5.18. The predicted molar refractivity (Wildman–Crippen MR) is 133 cm³/mol. The number of alkyl halides is 12. The lowest BCUT2D eigenvalue weighted by Crippen LogP contribution is -2.08. The number of nitrogens with zero attached hydrogens (tertiary/aromatic N) is 2. The molecule has 4 rings (SSSR count). The van der Waals surface area contributed by atoms with Crippen molar-refractivity contribution in [3.05, 3.63) is 106 Å². The minimum Gasteiger partial charge on any atom is -0.456 e. The van der Waals surface area contributed by atoms with Gasteiger partial charge in [0.05, 0.1) is 45.5 Å². The Bertz CT molecular complexity index is 1720. The fraction of sp³-hybridized carbons (Fsp3) is 0.133. The van der Waals surface area contributed by atoms with Crippen molar-refractivity contribution >= 4 is 0 Å². The summed E-state index contributed by atoms with van der Waals surface area (Å²) in [5.74, 6) is -1.16. The van der Waals surface area contributed by atoms with Gasteiger partial charge in [-0.05, 0) is 60.7 Å². The van der Waals surface area contributed by atoms with Gasteiger partial charge in [0, 0.05) is 22.3 Å². The van der Waals surface area contributed by atoms with Gasteiger partial charge in [-0.3, -0.25) is 0 Å². The molecule has 0 aliphatic heterocycles. The van der Waals surface area contributed by atoms with Crippen LogP contribution in [0.1, 0.15) is 33.4 Å². The van der Waals surface area contributed by atoms with Gasteiger partial charge < -0.3 is 4.74 Å². The third kappa shape index (κ3) is 6.98. The zero-order valence-electron chi connectivity index (χ0n) is 21.8. The van der Waals surface area contributed by atoms with Crippen LogP contribution in [0.2, 0.25) is 0 Å². The van der Waals surface area contributed by atoms with Crippen molar-refractivity contribution in [3.8, 4) is 45.9 Å². The summed E-state index contributed by atoms with van der Waals surface area (Å²) in [6.07, 6.45) is -19.8. The van der Waals surface area contributed by atoms with E-state index in [0.29, 0.717) is 72.8 Å². The number of benzene rings is 4. The van der Waals surface area contributed by atoms with E-state index in [4.69, 9.17) is 4.74 Å². The smallest absolute Gasteiger partial charge is 0.416 e. The van der Waals surface area contributed by atoms with E-state index in [1.165, 1.54) is 12.1 Å². The zero-order valence-corrected chi connectivity index (χ0v) is 21.8. The van der Waals surface area contributed by atoms with Gasteiger partial charge in [-0.15, -0.1) is 0 Å². The van der Waals surface area contributed by atoms with E-state index in [2.05, 4.69) is 0 Å². The van der Waals surface area contributed by atoms with Crippen LogP contribution in [0.5, 0.6) is 11.5 Å². The Labute approximate surface area is 245 Å². The van der Waals surface area contributed by atoms with Crippen molar-refractivity contribution in [1.82, 2.24) is 0 Å². The lowest BCUT2D eigenvalue weighted by atomic mass is 9.94. The quantitative estimate of drug-likeness (QED) is 0.208. The van der Waals surface area contributed by atoms with Crippen LogP contribution < -0.4 is 4.74 Å². The van der Waals surface area contributed by atoms with Crippen molar-refractivity contribution in [2.24, 2.45) is 0 Å². The van der Waals surface area contributed by atoms with Gasteiger partial charge in [0.25, 0.3) is 0 Å². The molecule has 0 saturated carbocycles. The lowest BCUT2D eigenvalue weighted by Gasteiger charge is -2.19. The van der Waals surface area contributed by atoms with Crippen molar-refractivity contribution in [3.63, 3.8) is 0 Å². The molecular formula is C30H12F12N2O. The standard InChI is InChI=1S/C30H12F12N2O/c31-27(32,33)17-1-5-21(15(9-17)13-43)23-11-19(29(37,38)39)3-7-25(23)45-26-8-4-20(30(40,41)42)12-24(26)22-6-2-18(28(34,35)36)10-16(22)14-44/h1-12H. The highest BCUT2D eigenvalue weighted by Gasteiger charge is 2.35. The average Bonchev–Trinajstić information content (AvgIpc) is 2.94. The largest absolute Gasteiger partial charge is 0.456 e. The second kappa shape index (κ2) is 11.4. The summed E-state index contributed by atoms with van der Waals surface area (Å²) in [7, 11) is 0. The summed E-state index contributed by atoms with van der Waals surface area (Å²) in [6.45, 7) is 0. The number of rotatable bonds is 4. The number of nitriles is 2. The van der Waals surface area contributed by atoms with E-state index in [0.717, 1.165) is 0 Å². The summed E-state index contributed by atoms with van der Waals surface area (Å²) in [5, 5.41) is 19.0. The molecule has 0 aliphatic carbocycles. The van der Waals surface area contributed by atoms with Crippen LogP contribution in [-0.2, 0) is 24.7 Å². The van der Waals surface area contributed by atoms with E-state index in [-0.39, 0.29) is 0 Å². The van der Waals surface area contributed by atoms with Crippen LogP contribution in [0.25, 0.3) is 22.3 Å². The first kappa shape index (κ1) is 32.7. The van der Waals surface area contributed by atoms with Gasteiger partial charge in [0.2, 0.25) is 0 Å². The molecule has 0 unspecified atom stereocenters.